The van der Waals surface area contributed by atoms with Crippen LogP contribution in [-0.2, 0) is 13.5 Å². The number of fused-ring (bicyclic) bond motifs is 1. The molecule has 3 rings (SSSR count). The van der Waals surface area contributed by atoms with Gasteiger partial charge in [0.15, 0.2) is 0 Å². The predicted molar refractivity (Wildman–Crippen MR) is 83.1 cm³/mol. The predicted octanol–water partition coefficient (Wildman–Crippen LogP) is 2.19. The van der Waals surface area contributed by atoms with Crippen LogP contribution in [0.25, 0.3) is 22.3 Å². The lowest BCUT2D eigenvalue weighted by Gasteiger charge is -2.08. The smallest absolute Gasteiger partial charge is 0.341 e. The molecule has 0 saturated carbocycles. The first-order valence-corrected chi connectivity index (χ1v) is 6.92. The molecule has 0 aliphatic rings. The van der Waals surface area contributed by atoms with Gasteiger partial charge in [0.2, 0.25) is 0 Å². The summed E-state index contributed by atoms with van der Waals surface area (Å²) in [5.41, 5.74) is 2.08. The summed E-state index contributed by atoms with van der Waals surface area (Å²) in [5, 5.41) is 10.1. The SMILES string of the molecule is CCc1cc(C(=O)O)c(=O)[nH]c1-c1cc2ccn(C)c2cn1. The highest BCUT2D eigenvalue weighted by Gasteiger charge is 2.15. The van der Waals surface area contributed by atoms with E-state index in [1.807, 2.05) is 36.9 Å². The molecule has 0 bridgehead atoms. The molecule has 0 aromatic carbocycles. The van der Waals surface area contributed by atoms with Crippen molar-refractivity contribution in [3.63, 3.8) is 0 Å². The van der Waals surface area contributed by atoms with Gasteiger partial charge in [-0.2, -0.15) is 0 Å². The average molecular weight is 297 g/mol. The molecule has 0 aliphatic heterocycles. The van der Waals surface area contributed by atoms with Gasteiger partial charge in [-0.05, 0) is 30.2 Å². The minimum Gasteiger partial charge on any atom is -0.477 e. The van der Waals surface area contributed by atoms with Crippen molar-refractivity contribution in [1.29, 1.82) is 0 Å². The molecule has 2 N–H and O–H groups in total. The maximum absolute atomic E-state index is 11.9. The molecule has 0 saturated heterocycles. The highest BCUT2D eigenvalue weighted by atomic mass is 16.4. The maximum Gasteiger partial charge on any atom is 0.341 e. The molecule has 0 spiro atoms. The number of carboxylic acid groups (broad SMARTS) is 1. The van der Waals surface area contributed by atoms with Crippen molar-refractivity contribution in [2.24, 2.45) is 7.05 Å². The van der Waals surface area contributed by atoms with Crippen molar-refractivity contribution in [3.05, 3.63) is 52.1 Å². The van der Waals surface area contributed by atoms with E-state index in [4.69, 9.17) is 5.11 Å². The molecule has 0 unspecified atom stereocenters. The number of aromatic nitrogens is 3. The molecule has 0 radical (unpaired) electrons. The lowest BCUT2D eigenvalue weighted by atomic mass is 10.0. The molecule has 0 atom stereocenters. The quantitative estimate of drug-likeness (QED) is 0.775. The van der Waals surface area contributed by atoms with Crippen molar-refractivity contribution in [1.82, 2.24) is 14.5 Å². The summed E-state index contributed by atoms with van der Waals surface area (Å²) in [6, 6.07) is 5.28. The number of nitrogens with one attached hydrogen (secondary N) is 1. The number of rotatable bonds is 3. The number of hydrogen-bond donors (Lipinski definition) is 2. The first kappa shape index (κ1) is 14.1. The molecule has 3 aromatic heterocycles. The maximum atomic E-state index is 11.9. The van der Waals surface area contributed by atoms with Crippen LogP contribution in [-0.4, -0.2) is 25.6 Å². The highest BCUT2D eigenvalue weighted by Crippen LogP contribution is 2.23. The molecule has 3 aromatic rings. The molecule has 112 valence electrons. The Kier molecular flexibility index (Phi) is 3.29. The monoisotopic (exact) mass is 297 g/mol. The molecule has 0 fully saturated rings. The summed E-state index contributed by atoms with van der Waals surface area (Å²) >= 11 is 0. The number of H-pyrrole nitrogens is 1. The van der Waals surface area contributed by atoms with E-state index < -0.39 is 11.5 Å². The number of pyridine rings is 2. The van der Waals surface area contributed by atoms with Gasteiger partial charge in [0.05, 0.1) is 23.1 Å². The van der Waals surface area contributed by atoms with Crippen molar-refractivity contribution >= 4 is 16.9 Å². The Morgan fingerprint density at radius 3 is 2.86 bits per heavy atom. The fourth-order valence-electron chi connectivity index (χ4n) is 2.54. The van der Waals surface area contributed by atoms with Gasteiger partial charge in [0.1, 0.15) is 5.56 Å². The van der Waals surface area contributed by atoms with Gasteiger partial charge in [0, 0.05) is 18.6 Å². The Morgan fingerprint density at radius 1 is 1.41 bits per heavy atom. The van der Waals surface area contributed by atoms with Crippen LogP contribution in [0.3, 0.4) is 0 Å². The third kappa shape index (κ3) is 2.18. The fourth-order valence-corrected chi connectivity index (χ4v) is 2.54. The zero-order valence-corrected chi connectivity index (χ0v) is 12.3. The first-order valence-electron chi connectivity index (χ1n) is 6.92. The van der Waals surface area contributed by atoms with E-state index in [2.05, 4.69) is 9.97 Å². The van der Waals surface area contributed by atoms with Crippen LogP contribution in [0.4, 0.5) is 0 Å². The van der Waals surface area contributed by atoms with Crippen LogP contribution in [0.1, 0.15) is 22.8 Å². The second-order valence-electron chi connectivity index (χ2n) is 5.13. The van der Waals surface area contributed by atoms with Crippen LogP contribution >= 0.6 is 0 Å². The molecular weight excluding hydrogens is 282 g/mol. The summed E-state index contributed by atoms with van der Waals surface area (Å²) in [6.45, 7) is 1.91. The molecule has 22 heavy (non-hydrogen) atoms. The number of aromatic amines is 1. The third-order valence-electron chi connectivity index (χ3n) is 3.76. The van der Waals surface area contributed by atoms with Gasteiger partial charge in [-0.1, -0.05) is 6.92 Å². The number of aromatic carboxylic acids is 1. The van der Waals surface area contributed by atoms with Gasteiger partial charge in [-0.3, -0.25) is 9.78 Å². The number of aryl methyl sites for hydroxylation is 2. The Labute approximate surface area is 126 Å². The average Bonchev–Trinajstić information content (AvgIpc) is 2.87. The van der Waals surface area contributed by atoms with E-state index in [1.165, 1.54) is 6.07 Å². The minimum atomic E-state index is -1.23. The van der Waals surface area contributed by atoms with Gasteiger partial charge < -0.3 is 14.7 Å². The lowest BCUT2D eigenvalue weighted by Crippen LogP contribution is -2.19. The third-order valence-corrected chi connectivity index (χ3v) is 3.76. The number of hydrogen-bond acceptors (Lipinski definition) is 3. The van der Waals surface area contributed by atoms with Gasteiger partial charge in [-0.15, -0.1) is 0 Å². The first-order chi connectivity index (χ1) is 10.5. The second-order valence-corrected chi connectivity index (χ2v) is 5.13. The Bertz CT molecular complexity index is 937. The minimum absolute atomic E-state index is 0.249. The summed E-state index contributed by atoms with van der Waals surface area (Å²) in [5.74, 6) is -1.23. The zero-order chi connectivity index (χ0) is 15.9. The zero-order valence-electron chi connectivity index (χ0n) is 12.3. The van der Waals surface area contributed by atoms with Crippen LogP contribution in [0, 0.1) is 0 Å². The standard InChI is InChI=1S/C16H15N3O3/c1-3-9-6-11(16(21)22)15(20)18-14(9)12-7-10-4-5-19(2)13(10)8-17-12/h4-8H,3H2,1-2H3,(H,18,20)(H,21,22). The van der Waals surface area contributed by atoms with Crippen molar-refractivity contribution < 1.29 is 9.90 Å². The van der Waals surface area contributed by atoms with E-state index in [0.717, 1.165) is 16.5 Å². The number of carboxylic acids is 1. The van der Waals surface area contributed by atoms with Gasteiger partial charge >= 0.3 is 5.97 Å². The van der Waals surface area contributed by atoms with Crippen molar-refractivity contribution in [3.8, 4) is 11.4 Å². The molecule has 0 amide bonds. The van der Waals surface area contributed by atoms with Gasteiger partial charge in [0.25, 0.3) is 5.56 Å². The topological polar surface area (TPSA) is 88.0 Å². The summed E-state index contributed by atoms with van der Waals surface area (Å²) in [6.07, 6.45) is 4.28. The Hall–Kier alpha value is -2.89. The Balaban J connectivity index is 2.22. The second kappa shape index (κ2) is 5.14. The van der Waals surface area contributed by atoms with E-state index in [9.17, 15) is 9.59 Å². The number of nitrogens with zero attached hydrogens (tertiary/aromatic N) is 2. The Morgan fingerprint density at radius 2 is 2.18 bits per heavy atom. The normalized spacial score (nSPS) is 11.0. The molecule has 0 aliphatic carbocycles. The summed E-state index contributed by atoms with van der Waals surface area (Å²) in [7, 11) is 1.94. The van der Waals surface area contributed by atoms with E-state index in [1.54, 1.807) is 6.20 Å². The molecular formula is C16H15N3O3. The van der Waals surface area contributed by atoms with Crippen LogP contribution in [0.5, 0.6) is 0 Å². The molecule has 6 heteroatoms. The fraction of sp³-hybridized carbons (Fsp3) is 0.188. The number of carbonyl (C=O) groups is 1. The van der Waals surface area contributed by atoms with Crippen molar-refractivity contribution in [2.75, 3.05) is 0 Å². The molecule has 3 heterocycles. The van der Waals surface area contributed by atoms with Crippen LogP contribution in [0.2, 0.25) is 0 Å². The summed E-state index contributed by atoms with van der Waals surface area (Å²) < 4.78 is 1.96. The largest absolute Gasteiger partial charge is 0.477 e. The van der Waals surface area contributed by atoms with Gasteiger partial charge in [-0.25, -0.2) is 4.79 Å². The highest BCUT2D eigenvalue weighted by molar-refractivity contribution is 5.88. The van der Waals surface area contributed by atoms with E-state index in [-0.39, 0.29) is 5.56 Å². The lowest BCUT2D eigenvalue weighted by molar-refractivity contribution is 0.0695. The summed E-state index contributed by atoms with van der Waals surface area (Å²) in [4.78, 5) is 30.1. The van der Waals surface area contributed by atoms with Crippen molar-refractivity contribution in [2.45, 2.75) is 13.3 Å². The van der Waals surface area contributed by atoms with Crippen LogP contribution in [0.15, 0.2) is 35.4 Å². The molecule has 6 nitrogen and oxygen atoms in total. The van der Waals surface area contributed by atoms with Crippen LogP contribution < -0.4 is 5.56 Å². The van der Waals surface area contributed by atoms with E-state index >= 15 is 0 Å². The van der Waals surface area contributed by atoms with E-state index in [0.29, 0.717) is 17.8 Å².